The van der Waals surface area contributed by atoms with Crippen molar-refractivity contribution >= 4 is 20.9 Å². The summed E-state index contributed by atoms with van der Waals surface area (Å²) in [6.45, 7) is 2.43. The summed E-state index contributed by atoms with van der Waals surface area (Å²) in [5, 5.41) is 16.0. The van der Waals surface area contributed by atoms with Crippen molar-refractivity contribution in [2.45, 2.75) is 50.0 Å². The third-order valence-electron chi connectivity index (χ3n) is 6.98. The number of benzene rings is 2. The third-order valence-corrected chi connectivity index (χ3v) is 8.75. The van der Waals surface area contributed by atoms with Gasteiger partial charge in [0.1, 0.15) is 5.75 Å². The zero-order chi connectivity index (χ0) is 23.6. The van der Waals surface area contributed by atoms with E-state index in [1.807, 2.05) is 18.2 Å². The molecule has 0 aliphatic heterocycles. The number of para-hydroxylation sites is 1. The molecule has 0 amide bonds. The molecule has 8 nitrogen and oxygen atoms in total. The maximum atomic E-state index is 13.8. The highest BCUT2D eigenvalue weighted by Gasteiger charge is 2.44. The first kappa shape index (κ1) is 23.2. The van der Waals surface area contributed by atoms with Crippen LogP contribution in [0.15, 0.2) is 58.5 Å². The Kier molecular flexibility index (Phi) is 6.38. The van der Waals surface area contributed by atoms with Crippen molar-refractivity contribution in [3.8, 4) is 5.75 Å². The van der Waals surface area contributed by atoms with Crippen molar-refractivity contribution in [2.24, 2.45) is 10.5 Å². The van der Waals surface area contributed by atoms with E-state index in [4.69, 9.17) is 10.3 Å². The van der Waals surface area contributed by atoms with Crippen LogP contribution < -0.4 is 4.74 Å². The van der Waals surface area contributed by atoms with Crippen molar-refractivity contribution in [1.82, 2.24) is 3.97 Å². The molecule has 0 radical (unpaired) electrons. The molecule has 2 atom stereocenters. The number of azide groups is 1. The second-order valence-corrected chi connectivity index (χ2v) is 10.3. The second kappa shape index (κ2) is 9.09. The highest BCUT2D eigenvalue weighted by Crippen LogP contribution is 2.52. The molecular weight excluding hydrogens is 440 g/mol. The van der Waals surface area contributed by atoms with Crippen LogP contribution in [0.1, 0.15) is 50.0 Å². The van der Waals surface area contributed by atoms with Crippen molar-refractivity contribution in [1.29, 1.82) is 0 Å². The topological polar surface area (TPSA) is 117 Å². The Morgan fingerprint density at radius 1 is 1.24 bits per heavy atom. The summed E-state index contributed by atoms with van der Waals surface area (Å²) in [7, 11) is -2.35. The number of hydrogen-bond acceptors (Lipinski definition) is 5. The van der Waals surface area contributed by atoms with Gasteiger partial charge in [-0.3, -0.25) is 0 Å². The molecule has 0 spiro atoms. The molecule has 1 aromatic heterocycles. The molecule has 3 aromatic rings. The van der Waals surface area contributed by atoms with Gasteiger partial charge in [-0.2, -0.15) is 0 Å². The lowest BCUT2D eigenvalue weighted by Gasteiger charge is -2.41. The van der Waals surface area contributed by atoms with Gasteiger partial charge in [-0.1, -0.05) is 30.2 Å². The minimum absolute atomic E-state index is 0.169. The predicted octanol–water partition coefficient (Wildman–Crippen LogP) is 5.35. The normalized spacial score (nSPS) is 20.3. The predicted molar refractivity (Wildman–Crippen MR) is 127 cm³/mol. The van der Waals surface area contributed by atoms with Gasteiger partial charge in [-0.05, 0) is 68.0 Å². The number of rotatable bonds is 8. The number of aliphatic hydroxyl groups excluding tert-OH is 1. The number of hydrogen-bond donors (Lipinski definition) is 1. The van der Waals surface area contributed by atoms with Gasteiger partial charge >= 0.3 is 0 Å². The van der Waals surface area contributed by atoms with Crippen molar-refractivity contribution in [3.63, 3.8) is 0 Å². The Morgan fingerprint density at radius 3 is 2.64 bits per heavy atom. The molecule has 1 aliphatic carbocycles. The molecule has 33 heavy (non-hydrogen) atoms. The van der Waals surface area contributed by atoms with Gasteiger partial charge in [0.2, 0.25) is 0 Å². The molecule has 1 unspecified atom stereocenters. The van der Waals surface area contributed by atoms with Crippen LogP contribution in [0.3, 0.4) is 0 Å². The van der Waals surface area contributed by atoms with E-state index in [0.29, 0.717) is 54.8 Å². The third kappa shape index (κ3) is 3.86. The van der Waals surface area contributed by atoms with Crippen molar-refractivity contribution < 1.29 is 18.3 Å². The smallest absolute Gasteiger partial charge is 0.268 e. The van der Waals surface area contributed by atoms with E-state index in [1.54, 1.807) is 30.3 Å². The average Bonchev–Trinajstić information content (AvgIpc) is 3.19. The molecule has 2 aromatic carbocycles. The van der Waals surface area contributed by atoms with Crippen molar-refractivity contribution in [3.05, 3.63) is 70.2 Å². The van der Waals surface area contributed by atoms with Crippen LogP contribution in [0.2, 0.25) is 0 Å². The zero-order valence-electron chi connectivity index (χ0n) is 18.8. The molecule has 0 saturated heterocycles. The summed E-state index contributed by atoms with van der Waals surface area (Å²) in [5.74, 6) is 0.581. The number of fused-ring (bicyclic) bond motifs is 3. The fourth-order valence-corrected chi connectivity index (χ4v) is 6.71. The summed E-state index contributed by atoms with van der Waals surface area (Å²) in [5.41, 5.74) is 10.1. The van der Waals surface area contributed by atoms with Crippen LogP contribution in [-0.4, -0.2) is 31.2 Å². The Bertz CT molecular complexity index is 1310. The van der Waals surface area contributed by atoms with E-state index < -0.39 is 21.5 Å². The molecular formula is C24H28N4O4S. The van der Waals surface area contributed by atoms with E-state index in [2.05, 4.69) is 16.9 Å². The summed E-state index contributed by atoms with van der Waals surface area (Å²) in [4.78, 5) is 2.99. The van der Waals surface area contributed by atoms with Gasteiger partial charge in [0.05, 0.1) is 23.6 Å². The Hall–Kier alpha value is -3.00. The number of ether oxygens (including phenoxy) is 1. The summed E-state index contributed by atoms with van der Waals surface area (Å²) < 4.78 is 34.1. The molecule has 0 saturated carbocycles. The SMILES string of the molecule is CC[C@@]1(CCCN=[N+]=[N-])CCc2c(c3ccccc3n2S(=O)(=O)c2ccc(OC)cc2)C1O. The molecule has 1 heterocycles. The quantitative estimate of drug-likeness (QED) is 0.207. The van der Waals surface area contributed by atoms with Gasteiger partial charge in [0.25, 0.3) is 10.0 Å². The fraction of sp³-hybridized carbons (Fsp3) is 0.417. The molecule has 0 fully saturated rings. The van der Waals surface area contributed by atoms with Crippen LogP contribution in [0.4, 0.5) is 0 Å². The van der Waals surface area contributed by atoms with E-state index in [1.165, 1.54) is 11.1 Å². The van der Waals surface area contributed by atoms with Gasteiger partial charge in [-0.25, -0.2) is 12.4 Å². The van der Waals surface area contributed by atoms with E-state index in [9.17, 15) is 13.5 Å². The maximum absolute atomic E-state index is 13.8. The largest absolute Gasteiger partial charge is 0.497 e. The molecule has 174 valence electrons. The fourth-order valence-electron chi connectivity index (χ4n) is 5.12. The maximum Gasteiger partial charge on any atom is 0.268 e. The zero-order valence-corrected chi connectivity index (χ0v) is 19.6. The Labute approximate surface area is 193 Å². The lowest BCUT2D eigenvalue weighted by Crippen LogP contribution is -2.34. The van der Waals surface area contributed by atoms with Crippen molar-refractivity contribution in [2.75, 3.05) is 13.7 Å². The van der Waals surface area contributed by atoms with Crippen LogP contribution in [0.5, 0.6) is 5.75 Å². The molecule has 9 heteroatoms. The van der Waals surface area contributed by atoms with E-state index in [-0.39, 0.29) is 4.90 Å². The molecule has 1 aliphatic rings. The van der Waals surface area contributed by atoms with Gasteiger partial charge in [0.15, 0.2) is 0 Å². The number of aromatic nitrogens is 1. The van der Waals surface area contributed by atoms with Crippen LogP contribution in [0, 0.1) is 5.41 Å². The van der Waals surface area contributed by atoms with Gasteiger partial charge in [0, 0.05) is 33.5 Å². The number of nitrogens with zero attached hydrogens (tertiary/aromatic N) is 4. The summed E-state index contributed by atoms with van der Waals surface area (Å²) in [6, 6.07) is 13.7. The highest BCUT2D eigenvalue weighted by atomic mass is 32.2. The number of methoxy groups -OCH3 is 1. The minimum atomic E-state index is -3.89. The summed E-state index contributed by atoms with van der Waals surface area (Å²) >= 11 is 0. The number of aliphatic hydroxyl groups is 1. The lowest BCUT2D eigenvalue weighted by atomic mass is 9.66. The molecule has 0 bridgehead atoms. The van der Waals surface area contributed by atoms with E-state index >= 15 is 0 Å². The van der Waals surface area contributed by atoms with Gasteiger partial charge in [-0.15, -0.1) is 0 Å². The Balaban J connectivity index is 1.85. The molecule has 1 N–H and O–H groups in total. The standard InChI is InChI=1S/C24H28N4O4S/c1-3-24(14-6-16-26-27-25)15-13-21-22(23(24)29)19-7-4-5-8-20(19)28(21)33(30,31)18-11-9-17(32-2)10-12-18/h4-5,7-12,23,29H,3,6,13-16H2,1-2H3/t23?,24-/m1/s1. The van der Waals surface area contributed by atoms with Crippen LogP contribution >= 0.6 is 0 Å². The molecule has 4 rings (SSSR count). The Morgan fingerprint density at radius 2 is 1.97 bits per heavy atom. The average molecular weight is 469 g/mol. The summed E-state index contributed by atoms with van der Waals surface area (Å²) in [6.07, 6.45) is 2.50. The van der Waals surface area contributed by atoms with Crippen LogP contribution in [0.25, 0.3) is 21.3 Å². The first-order chi connectivity index (χ1) is 15.9. The monoisotopic (exact) mass is 468 g/mol. The first-order valence-corrected chi connectivity index (χ1v) is 12.5. The van der Waals surface area contributed by atoms with E-state index in [0.717, 1.165) is 11.8 Å². The highest BCUT2D eigenvalue weighted by molar-refractivity contribution is 7.90. The minimum Gasteiger partial charge on any atom is -0.497 e. The van der Waals surface area contributed by atoms with Gasteiger partial charge < -0.3 is 9.84 Å². The second-order valence-electron chi connectivity index (χ2n) is 8.50. The lowest BCUT2D eigenvalue weighted by molar-refractivity contribution is -0.00357. The first-order valence-electron chi connectivity index (χ1n) is 11.1. The van der Waals surface area contributed by atoms with Crippen LogP contribution in [-0.2, 0) is 16.4 Å².